The zero-order valence-electron chi connectivity index (χ0n) is 11.9. The van der Waals surface area contributed by atoms with Crippen LogP contribution in [0, 0.1) is 11.6 Å². The summed E-state index contributed by atoms with van der Waals surface area (Å²) in [5.74, 6) is -0.604. The van der Waals surface area contributed by atoms with E-state index in [2.05, 4.69) is 20.6 Å². The molecule has 0 bridgehead atoms. The van der Waals surface area contributed by atoms with Gasteiger partial charge in [0, 0.05) is 34.3 Å². The second-order valence-electron chi connectivity index (χ2n) is 5.19. The average molecular weight is 311 g/mol. The topological polar surface area (TPSA) is 59.4 Å². The minimum absolute atomic E-state index is 0.331. The fourth-order valence-electron chi connectivity index (χ4n) is 2.59. The molecule has 0 saturated heterocycles. The summed E-state index contributed by atoms with van der Waals surface area (Å²) in [6.45, 7) is 0.331. The molecule has 7 heteroatoms. The summed E-state index contributed by atoms with van der Waals surface area (Å²) in [5, 5.41) is 14.8. The fraction of sp³-hybridized carbons (Fsp3) is 0.0625. The van der Waals surface area contributed by atoms with E-state index in [4.69, 9.17) is 0 Å². The second kappa shape index (κ2) is 5.28. The van der Waals surface area contributed by atoms with E-state index in [1.54, 1.807) is 0 Å². The van der Waals surface area contributed by atoms with Crippen LogP contribution in [0.1, 0.15) is 5.56 Å². The van der Waals surface area contributed by atoms with Crippen molar-refractivity contribution in [3.8, 4) is 11.4 Å². The van der Waals surface area contributed by atoms with Crippen molar-refractivity contribution in [2.75, 3.05) is 0 Å². The number of H-pyrrole nitrogens is 1. The smallest absolute Gasteiger partial charge is 0.204 e. The zero-order chi connectivity index (χ0) is 15.8. The van der Waals surface area contributed by atoms with Crippen LogP contribution in [-0.4, -0.2) is 25.2 Å². The summed E-state index contributed by atoms with van der Waals surface area (Å²) in [7, 11) is 0. The second-order valence-corrected chi connectivity index (χ2v) is 5.19. The maximum atomic E-state index is 13.8. The summed E-state index contributed by atoms with van der Waals surface area (Å²) in [6, 6.07) is 11.3. The highest BCUT2D eigenvalue weighted by Crippen LogP contribution is 2.23. The number of tetrazole rings is 1. The lowest BCUT2D eigenvalue weighted by atomic mass is 10.1. The Hall–Kier alpha value is -3.09. The molecule has 2 aromatic carbocycles. The van der Waals surface area contributed by atoms with Gasteiger partial charge >= 0.3 is 0 Å². The number of benzene rings is 2. The molecule has 23 heavy (non-hydrogen) atoms. The summed E-state index contributed by atoms with van der Waals surface area (Å²) in [4.78, 5) is 0. The number of nitrogens with one attached hydrogen (secondary N) is 1. The Kier molecular flexibility index (Phi) is 3.11. The number of hydrogen-bond donors (Lipinski definition) is 1. The number of aromatic nitrogens is 5. The molecule has 0 aliphatic heterocycles. The van der Waals surface area contributed by atoms with E-state index in [0.717, 1.165) is 22.5 Å². The first kappa shape index (κ1) is 13.6. The molecule has 4 rings (SSSR count). The Labute approximate surface area is 129 Å². The highest BCUT2D eigenvalue weighted by Gasteiger charge is 2.09. The third-order valence-corrected chi connectivity index (χ3v) is 3.73. The molecular formula is C16H11F2N5. The Morgan fingerprint density at radius 1 is 1.04 bits per heavy atom. The van der Waals surface area contributed by atoms with Gasteiger partial charge in [-0.05, 0) is 35.5 Å². The van der Waals surface area contributed by atoms with Gasteiger partial charge in [-0.3, -0.25) is 0 Å². The van der Waals surface area contributed by atoms with Crippen LogP contribution in [0.25, 0.3) is 22.3 Å². The molecular weight excluding hydrogens is 300 g/mol. The predicted octanol–water partition coefficient (Wildman–Crippen LogP) is 3.15. The van der Waals surface area contributed by atoms with Gasteiger partial charge in [-0.25, -0.2) is 8.78 Å². The maximum Gasteiger partial charge on any atom is 0.204 e. The molecule has 0 atom stereocenters. The van der Waals surface area contributed by atoms with Crippen LogP contribution in [0.5, 0.6) is 0 Å². The van der Waals surface area contributed by atoms with Crippen molar-refractivity contribution in [3.05, 3.63) is 65.9 Å². The summed E-state index contributed by atoms with van der Waals surface area (Å²) >= 11 is 0. The molecule has 0 unspecified atom stereocenters. The SMILES string of the molecule is Fc1ccc(Cn2ccc3cc(-c4nn[nH]n4)ccc32)c(F)c1. The Bertz CT molecular complexity index is 975. The van der Waals surface area contributed by atoms with Crippen LogP contribution in [0.3, 0.4) is 0 Å². The molecule has 5 nitrogen and oxygen atoms in total. The highest BCUT2D eigenvalue weighted by atomic mass is 19.1. The lowest BCUT2D eigenvalue weighted by Crippen LogP contribution is -2.01. The van der Waals surface area contributed by atoms with Crippen LogP contribution < -0.4 is 0 Å². The van der Waals surface area contributed by atoms with Gasteiger partial charge in [0.1, 0.15) is 11.6 Å². The highest BCUT2D eigenvalue weighted by molar-refractivity contribution is 5.84. The monoisotopic (exact) mass is 311 g/mol. The van der Waals surface area contributed by atoms with Crippen molar-refractivity contribution in [2.45, 2.75) is 6.54 Å². The van der Waals surface area contributed by atoms with Gasteiger partial charge in [-0.2, -0.15) is 5.21 Å². The van der Waals surface area contributed by atoms with Gasteiger partial charge in [0.2, 0.25) is 5.82 Å². The molecule has 0 aliphatic carbocycles. The fourth-order valence-corrected chi connectivity index (χ4v) is 2.59. The largest absolute Gasteiger partial charge is 0.343 e. The first-order chi connectivity index (χ1) is 11.2. The van der Waals surface area contributed by atoms with E-state index in [1.165, 1.54) is 12.1 Å². The van der Waals surface area contributed by atoms with Crippen molar-refractivity contribution >= 4 is 10.9 Å². The minimum Gasteiger partial charge on any atom is -0.343 e. The standard InChI is InChI=1S/C16H11F2N5/c17-13-3-1-12(14(18)8-13)9-23-6-5-10-7-11(2-4-15(10)23)16-19-21-22-20-16/h1-8H,9H2,(H,19,20,21,22). The molecule has 0 saturated carbocycles. The van der Waals surface area contributed by atoms with E-state index in [9.17, 15) is 8.78 Å². The molecule has 2 aromatic heterocycles. The van der Waals surface area contributed by atoms with Gasteiger partial charge in [-0.1, -0.05) is 6.07 Å². The number of aromatic amines is 1. The third-order valence-electron chi connectivity index (χ3n) is 3.73. The Morgan fingerprint density at radius 3 is 2.74 bits per heavy atom. The molecule has 0 amide bonds. The van der Waals surface area contributed by atoms with Crippen LogP contribution in [0.15, 0.2) is 48.7 Å². The molecule has 2 heterocycles. The van der Waals surface area contributed by atoms with E-state index in [1.807, 2.05) is 35.0 Å². The first-order valence-corrected chi connectivity index (χ1v) is 6.97. The summed E-state index contributed by atoms with van der Waals surface area (Å²) < 4.78 is 28.7. The summed E-state index contributed by atoms with van der Waals surface area (Å²) in [6.07, 6.45) is 1.87. The van der Waals surface area contributed by atoms with Gasteiger partial charge < -0.3 is 4.57 Å². The van der Waals surface area contributed by atoms with Gasteiger partial charge in [0.25, 0.3) is 0 Å². The minimum atomic E-state index is -0.576. The molecule has 0 spiro atoms. The zero-order valence-corrected chi connectivity index (χ0v) is 11.9. The maximum absolute atomic E-state index is 13.8. The number of fused-ring (bicyclic) bond motifs is 1. The van der Waals surface area contributed by atoms with Crippen LogP contribution in [0.2, 0.25) is 0 Å². The molecule has 0 radical (unpaired) electrons. The number of hydrogen-bond acceptors (Lipinski definition) is 3. The van der Waals surface area contributed by atoms with Crippen LogP contribution >= 0.6 is 0 Å². The quantitative estimate of drug-likeness (QED) is 0.632. The number of nitrogens with zero attached hydrogens (tertiary/aromatic N) is 4. The van der Waals surface area contributed by atoms with Gasteiger partial charge in [0.15, 0.2) is 0 Å². The normalized spacial score (nSPS) is 11.2. The van der Waals surface area contributed by atoms with E-state index in [-0.39, 0.29) is 0 Å². The molecule has 1 N–H and O–H groups in total. The molecule has 4 aromatic rings. The van der Waals surface area contributed by atoms with Crippen molar-refractivity contribution < 1.29 is 8.78 Å². The number of rotatable bonds is 3. The summed E-state index contributed by atoms with van der Waals surface area (Å²) in [5.41, 5.74) is 2.23. The van der Waals surface area contributed by atoms with Gasteiger partial charge in [0.05, 0.1) is 6.54 Å². The van der Waals surface area contributed by atoms with E-state index >= 15 is 0 Å². The lowest BCUT2D eigenvalue weighted by molar-refractivity contribution is 0.567. The van der Waals surface area contributed by atoms with Crippen molar-refractivity contribution in [3.63, 3.8) is 0 Å². The Morgan fingerprint density at radius 2 is 1.96 bits per heavy atom. The number of halogens is 2. The third kappa shape index (κ3) is 2.46. The van der Waals surface area contributed by atoms with E-state index in [0.29, 0.717) is 17.9 Å². The van der Waals surface area contributed by atoms with E-state index < -0.39 is 11.6 Å². The predicted molar refractivity (Wildman–Crippen MR) is 80.6 cm³/mol. The van der Waals surface area contributed by atoms with Crippen molar-refractivity contribution in [1.29, 1.82) is 0 Å². The van der Waals surface area contributed by atoms with Crippen molar-refractivity contribution in [1.82, 2.24) is 25.2 Å². The van der Waals surface area contributed by atoms with Gasteiger partial charge in [-0.15, -0.1) is 10.2 Å². The van der Waals surface area contributed by atoms with Crippen molar-refractivity contribution in [2.24, 2.45) is 0 Å². The lowest BCUT2D eigenvalue weighted by Gasteiger charge is -2.07. The molecule has 0 aliphatic rings. The Balaban J connectivity index is 1.71. The first-order valence-electron chi connectivity index (χ1n) is 6.97. The van der Waals surface area contributed by atoms with Crippen LogP contribution in [0.4, 0.5) is 8.78 Å². The van der Waals surface area contributed by atoms with Crippen LogP contribution in [-0.2, 0) is 6.54 Å². The molecule has 0 fully saturated rings. The average Bonchev–Trinajstić information content (AvgIpc) is 3.20. The molecule has 114 valence electrons.